The maximum Gasteiger partial charge on any atom is 0.264 e. The molecule has 1 unspecified atom stereocenters. The van der Waals surface area contributed by atoms with Crippen LogP contribution in [0.1, 0.15) is 25.8 Å². The maximum atomic E-state index is 14.0. The van der Waals surface area contributed by atoms with Crippen molar-refractivity contribution in [2.24, 2.45) is 0 Å². The van der Waals surface area contributed by atoms with Gasteiger partial charge in [-0.15, -0.1) is 0 Å². The van der Waals surface area contributed by atoms with E-state index in [1.807, 2.05) is 44.2 Å². The van der Waals surface area contributed by atoms with Crippen molar-refractivity contribution in [1.29, 1.82) is 0 Å². The Kier molecular flexibility index (Phi) is 9.08. The summed E-state index contributed by atoms with van der Waals surface area (Å²) >= 11 is 0. The number of sulfonamides is 1. The first-order valence-electron chi connectivity index (χ1n) is 12.9. The summed E-state index contributed by atoms with van der Waals surface area (Å²) in [5.74, 6) is 0.100. The molecule has 1 aliphatic rings. The molecule has 4 rings (SSSR count). The van der Waals surface area contributed by atoms with Crippen molar-refractivity contribution in [2.45, 2.75) is 37.8 Å². The third-order valence-electron chi connectivity index (χ3n) is 6.36. The third-order valence-corrected chi connectivity index (χ3v) is 8.14. The Bertz CT molecular complexity index is 1380. The monoisotopic (exact) mass is 551 g/mol. The summed E-state index contributed by atoms with van der Waals surface area (Å²) < 4.78 is 40.1. The number of carbonyl (C=O) groups excluding carboxylic acids is 2. The zero-order chi connectivity index (χ0) is 27.8. The number of hydrogen-bond donors (Lipinski definition) is 1. The fourth-order valence-electron chi connectivity index (χ4n) is 4.43. The van der Waals surface area contributed by atoms with E-state index in [9.17, 15) is 18.0 Å². The van der Waals surface area contributed by atoms with E-state index in [0.29, 0.717) is 37.7 Å². The average Bonchev–Trinajstić information content (AvgIpc) is 2.96. The van der Waals surface area contributed by atoms with Crippen LogP contribution in [0, 0.1) is 0 Å². The number of nitrogens with one attached hydrogen (secondary N) is 1. The van der Waals surface area contributed by atoms with Crippen molar-refractivity contribution in [3.63, 3.8) is 0 Å². The minimum Gasteiger partial charge on any atom is -0.486 e. The number of nitrogens with zero attached hydrogens (tertiary/aromatic N) is 2. The number of ether oxygens (including phenoxy) is 2. The lowest BCUT2D eigenvalue weighted by molar-refractivity contribution is -0.140. The Balaban J connectivity index is 1.75. The quantitative estimate of drug-likeness (QED) is 0.391. The van der Waals surface area contributed by atoms with Crippen LogP contribution in [0.3, 0.4) is 0 Å². The molecule has 1 N–H and O–H groups in total. The Labute approximate surface area is 229 Å². The minimum absolute atomic E-state index is 0.0399. The molecule has 0 radical (unpaired) electrons. The highest BCUT2D eigenvalue weighted by atomic mass is 32.2. The summed E-state index contributed by atoms with van der Waals surface area (Å²) in [7, 11) is -4.16. The van der Waals surface area contributed by atoms with Gasteiger partial charge >= 0.3 is 0 Å². The van der Waals surface area contributed by atoms with E-state index >= 15 is 0 Å². The molecule has 0 spiro atoms. The lowest BCUT2D eigenvalue weighted by atomic mass is 10.1. The van der Waals surface area contributed by atoms with Crippen molar-refractivity contribution < 1.29 is 27.5 Å². The number of hydrogen-bond acceptors (Lipinski definition) is 6. The standard InChI is InChI=1S/C29H33N3O6S/c1-3-25(29(34)30-4-2)31(20-22-11-7-5-8-12-22)28(33)21-32(39(35,36)24-13-9-6-10-14-24)23-15-16-26-27(19-23)38-18-17-37-26/h5-16,19,25H,3-4,17-18,20-21H2,1-2H3,(H,30,34). The molecule has 206 valence electrons. The summed E-state index contributed by atoms with van der Waals surface area (Å²) in [6.45, 7) is 4.40. The first kappa shape index (κ1) is 28.0. The molecular weight excluding hydrogens is 518 g/mol. The summed E-state index contributed by atoms with van der Waals surface area (Å²) in [6, 6.07) is 21.2. The van der Waals surface area contributed by atoms with Crippen LogP contribution in [0.25, 0.3) is 0 Å². The van der Waals surface area contributed by atoms with Gasteiger partial charge in [-0.05, 0) is 43.2 Å². The van der Waals surface area contributed by atoms with E-state index in [4.69, 9.17) is 9.47 Å². The van der Waals surface area contributed by atoms with E-state index in [-0.39, 0.29) is 23.0 Å². The van der Waals surface area contributed by atoms with Gasteiger partial charge in [-0.2, -0.15) is 0 Å². The molecule has 0 aromatic heterocycles. The molecule has 0 fully saturated rings. The zero-order valence-corrected chi connectivity index (χ0v) is 22.9. The van der Waals surface area contributed by atoms with Gasteiger partial charge in [0.25, 0.3) is 10.0 Å². The number of carbonyl (C=O) groups is 2. The van der Waals surface area contributed by atoms with E-state index in [2.05, 4.69) is 5.32 Å². The Morgan fingerprint density at radius 1 is 0.897 bits per heavy atom. The van der Waals surface area contributed by atoms with Crippen molar-refractivity contribution in [3.8, 4) is 11.5 Å². The van der Waals surface area contributed by atoms with Crippen LogP contribution >= 0.6 is 0 Å². The lowest BCUT2D eigenvalue weighted by Gasteiger charge is -2.33. The molecule has 0 bridgehead atoms. The Morgan fingerprint density at radius 2 is 1.54 bits per heavy atom. The van der Waals surface area contributed by atoms with Crippen LogP contribution in [0.4, 0.5) is 5.69 Å². The lowest BCUT2D eigenvalue weighted by Crippen LogP contribution is -2.52. The molecule has 3 aromatic carbocycles. The fraction of sp³-hybridized carbons (Fsp3) is 0.310. The maximum absolute atomic E-state index is 14.0. The van der Waals surface area contributed by atoms with Crippen LogP contribution in [0.15, 0.2) is 83.8 Å². The van der Waals surface area contributed by atoms with Gasteiger partial charge in [-0.25, -0.2) is 8.42 Å². The zero-order valence-electron chi connectivity index (χ0n) is 22.1. The Morgan fingerprint density at radius 3 is 2.18 bits per heavy atom. The van der Waals surface area contributed by atoms with Gasteiger partial charge in [0.15, 0.2) is 11.5 Å². The molecule has 1 atom stereocenters. The number of likely N-dealkylation sites (N-methyl/N-ethyl adjacent to an activating group) is 1. The van der Waals surface area contributed by atoms with Crippen molar-refractivity contribution in [3.05, 3.63) is 84.4 Å². The van der Waals surface area contributed by atoms with Crippen molar-refractivity contribution in [2.75, 3.05) is 30.6 Å². The van der Waals surface area contributed by atoms with E-state index in [1.165, 1.54) is 17.0 Å². The number of fused-ring (bicyclic) bond motifs is 1. The highest BCUT2D eigenvalue weighted by Crippen LogP contribution is 2.36. The van der Waals surface area contributed by atoms with Crippen LogP contribution in [-0.2, 0) is 26.2 Å². The van der Waals surface area contributed by atoms with Crippen molar-refractivity contribution >= 4 is 27.5 Å². The average molecular weight is 552 g/mol. The highest BCUT2D eigenvalue weighted by molar-refractivity contribution is 7.92. The number of rotatable bonds is 11. The van der Waals surface area contributed by atoms with Crippen LogP contribution < -0.4 is 19.1 Å². The molecule has 3 aromatic rings. The van der Waals surface area contributed by atoms with Crippen LogP contribution in [-0.4, -0.2) is 57.5 Å². The van der Waals surface area contributed by atoms with Crippen molar-refractivity contribution in [1.82, 2.24) is 10.2 Å². The second-order valence-electron chi connectivity index (χ2n) is 8.98. The number of amides is 2. The van der Waals surface area contributed by atoms with Gasteiger partial charge in [0.1, 0.15) is 25.8 Å². The summed E-state index contributed by atoms with van der Waals surface area (Å²) in [5, 5.41) is 2.80. The van der Waals surface area contributed by atoms with E-state index in [1.54, 1.807) is 36.4 Å². The number of benzene rings is 3. The predicted octanol–water partition coefficient (Wildman–Crippen LogP) is 3.60. The van der Waals surface area contributed by atoms with Crippen LogP contribution in [0.2, 0.25) is 0 Å². The summed E-state index contributed by atoms with van der Waals surface area (Å²) in [6.07, 6.45) is 0.361. The molecule has 2 amide bonds. The molecule has 9 nitrogen and oxygen atoms in total. The van der Waals surface area contributed by atoms with Gasteiger partial charge in [0.05, 0.1) is 10.6 Å². The molecular formula is C29H33N3O6S. The molecule has 1 aliphatic heterocycles. The molecule has 0 saturated carbocycles. The van der Waals surface area contributed by atoms with E-state index < -0.39 is 28.5 Å². The SMILES string of the molecule is CCNC(=O)C(CC)N(Cc1ccccc1)C(=O)CN(c1ccc2c(c1)OCCO2)S(=O)(=O)c1ccccc1. The first-order chi connectivity index (χ1) is 18.8. The molecule has 1 heterocycles. The van der Waals surface area contributed by atoms with Gasteiger partial charge in [-0.1, -0.05) is 55.5 Å². The second kappa shape index (κ2) is 12.7. The largest absolute Gasteiger partial charge is 0.486 e. The Hall–Kier alpha value is -4.05. The van der Waals surface area contributed by atoms with Crippen LogP contribution in [0.5, 0.6) is 11.5 Å². The topological polar surface area (TPSA) is 105 Å². The first-order valence-corrected chi connectivity index (χ1v) is 14.4. The number of anilines is 1. The van der Waals surface area contributed by atoms with Gasteiger partial charge in [0.2, 0.25) is 11.8 Å². The molecule has 10 heteroatoms. The minimum atomic E-state index is -4.16. The van der Waals surface area contributed by atoms with Gasteiger partial charge in [0, 0.05) is 19.2 Å². The predicted molar refractivity (Wildman–Crippen MR) is 148 cm³/mol. The molecule has 0 aliphatic carbocycles. The molecule has 39 heavy (non-hydrogen) atoms. The van der Waals surface area contributed by atoms with Gasteiger partial charge in [-0.3, -0.25) is 13.9 Å². The fourth-order valence-corrected chi connectivity index (χ4v) is 5.85. The van der Waals surface area contributed by atoms with Gasteiger partial charge < -0.3 is 19.7 Å². The van der Waals surface area contributed by atoms with E-state index in [0.717, 1.165) is 9.87 Å². The molecule has 0 saturated heterocycles. The second-order valence-corrected chi connectivity index (χ2v) is 10.8. The smallest absolute Gasteiger partial charge is 0.264 e. The summed E-state index contributed by atoms with van der Waals surface area (Å²) in [5.41, 5.74) is 1.08. The highest BCUT2D eigenvalue weighted by Gasteiger charge is 2.34. The normalized spacial score (nSPS) is 13.3. The third kappa shape index (κ3) is 6.51. The summed E-state index contributed by atoms with van der Waals surface area (Å²) in [4.78, 5) is 28.5.